The monoisotopic (exact) mass is 551 g/mol. The zero-order valence-corrected chi connectivity index (χ0v) is 23.4. The first-order valence-electron chi connectivity index (χ1n) is 13.9. The highest BCUT2D eigenvalue weighted by atomic mass is 16.5. The number of carbonyl (C=O) groups excluding carboxylic acids is 2. The molecule has 0 aliphatic carbocycles. The molecule has 0 spiro atoms. The van der Waals surface area contributed by atoms with E-state index in [1.54, 1.807) is 19.1 Å². The lowest BCUT2D eigenvalue weighted by molar-refractivity contribution is -0.114. The summed E-state index contributed by atoms with van der Waals surface area (Å²) in [7, 11) is 0. The molecule has 0 atom stereocenters. The molecule has 1 aliphatic rings. The number of carbonyl (C=O) groups is 2. The van der Waals surface area contributed by atoms with Gasteiger partial charge >= 0.3 is 5.97 Å². The van der Waals surface area contributed by atoms with Crippen LogP contribution in [0.25, 0.3) is 34.3 Å². The lowest BCUT2D eigenvalue weighted by atomic mass is 10.0. The van der Waals surface area contributed by atoms with E-state index in [1.165, 1.54) is 5.01 Å². The van der Waals surface area contributed by atoms with Crippen LogP contribution in [-0.2, 0) is 9.53 Å². The number of aromatic nitrogens is 1. The van der Waals surface area contributed by atoms with Crippen LogP contribution in [0.3, 0.4) is 0 Å². The quantitative estimate of drug-likeness (QED) is 0.153. The highest BCUT2D eigenvalue weighted by molar-refractivity contribution is 6.32. The Morgan fingerprint density at radius 1 is 0.786 bits per heavy atom. The summed E-state index contributed by atoms with van der Waals surface area (Å²) in [5.74, 6) is -0.531. The van der Waals surface area contributed by atoms with Crippen LogP contribution in [0.1, 0.15) is 29.8 Å². The fourth-order valence-electron chi connectivity index (χ4n) is 5.17. The van der Waals surface area contributed by atoms with E-state index in [4.69, 9.17) is 4.74 Å². The van der Waals surface area contributed by atoms with Crippen molar-refractivity contribution in [3.8, 4) is 28.2 Å². The highest BCUT2D eigenvalue weighted by Crippen LogP contribution is 2.38. The van der Waals surface area contributed by atoms with E-state index in [0.717, 1.165) is 39.5 Å². The number of benzene rings is 4. The van der Waals surface area contributed by atoms with Crippen molar-refractivity contribution < 1.29 is 14.3 Å². The zero-order valence-electron chi connectivity index (χ0n) is 23.4. The first-order chi connectivity index (χ1) is 20.5. The molecule has 5 aromatic rings. The predicted octanol–water partition coefficient (Wildman–Crippen LogP) is 7.79. The van der Waals surface area contributed by atoms with Crippen molar-refractivity contribution in [3.05, 3.63) is 138 Å². The molecular formula is C36H29N3O3. The van der Waals surface area contributed by atoms with E-state index in [0.29, 0.717) is 23.5 Å². The molecule has 0 fully saturated rings. The first-order valence-corrected chi connectivity index (χ1v) is 13.9. The normalized spacial score (nSPS) is 13.9. The minimum atomic E-state index is -0.356. The van der Waals surface area contributed by atoms with Crippen molar-refractivity contribution >= 4 is 29.4 Å². The van der Waals surface area contributed by atoms with Crippen molar-refractivity contribution in [1.29, 1.82) is 0 Å². The molecule has 0 saturated carbocycles. The second kappa shape index (κ2) is 11.6. The third kappa shape index (κ3) is 5.06. The lowest BCUT2D eigenvalue weighted by Gasteiger charge is -2.16. The van der Waals surface area contributed by atoms with Crippen molar-refractivity contribution in [3.63, 3.8) is 0 Å². The Morgan fingerprint density at radius 3 is 2.00 bits per heavy atom. The number of esters is 1. The van der Waals surface area contributed by atoms with Gasteiger partial charge in [-0.3, -0.25) is 4.79 Å². The molecule has 0 radical (unpaired) electrons. The van der Waals surface area contributed by atoms with Crippen molar-refractivity contribution in [2.75, 3.05) is 11.6 Å². The minimum Gasteiger partial charge on any atom is -0.462 e. The van der Waals surface area contributed by atoms with Gasteiger partial charge in [0.2, 0.25) is 0 Å². The Bertz CT molecular complexity index is 1800. The van der Waals surface area contributed by atoms with Gasteiger partial charge in [-0.2, -0.15) is 10.1 Å². The van der Waals surface area contributed by atoms with E-state index in [1.807, 2.05) is 91.9 Å². The smallest absolute Gasteiger partial charge is 0.338 e. The Labute approximate surface area is 244 Å². The van der Waals surface area contributed by atoms with Crippen LogP contribution < -0.4 is 5.01 Å². The second-order valence-electron chi connectivity index (χ2n) is 9.86. The van der Waals surface area contributed by atoms with Gasteiger partial charge in [-0.05, 0) is 73.5 Å². The summed E-state index contributed by atoms with van der Waals surface area (Å²) < 4.78 is 7.37. The topological polar surface area (TPSA) is 63.9 Å². The molecular weight excluding hydrogens is 522 g/mol. The van der Waals surface area contributed by atoms with E-state index < -0.39 is 0 Å². The minimum absolute atomic E-state index is 0.175. The van der Waals surface area contributed by atoms with E-state index in [9.17, 15) is 9.59 Å². The Balaban J connectivity index is 1.55. The van der Waals surface area contributed by atoms with Gasteiger partial charge in [0, 0.05) is 11.3 Å². The number of ether oxygens (including phenoxy) is 1. The molecule has 6 nitrogen and oxygen atoms in total. The molecule has 6 heteroatoms. The molecule has 1 amide bonds. The molecule has 1 aromatic heterocycles. The number of anilines is 1. The largest absolute Gasteiger partial charge is 0.462 e. The summed E-state index contributed by atoms with van der Waals surface area (Å²) in [6, 6.07) is 39.2. The summed E-state index contributed by atoms with van der Waals surface area (Å²) in [5.41, 5.74) is 8.02. The Morgan fingerprint density at radius 2 is 1.38 bits per heavy atom. The third-order valence-electron chi connectivity index (χ3n) is 7.15. The van der Waals surface area contributed by atoms with Crippen LogP contribution in [0, 0.1) is 0 Å². The third-order valence-corrected chi connectivity index (χ3v) is 7.15. The fourth-order valence-corrected chi connectivity index (χ4v) is 5.17. The first kappa shape index (κ1) is 26.7. The van der Waals surface area contributed by atoms with Gasteiger partial charge < -0.3 is 9.30 Å². The molecule has 206 valence electrons. The standard InChI is InChI=1S/C36H29N3O3/c1-3-42-36(41)28-19-21-30(22-20-28)38-33(26-13-7-4-8-14-26)24-29(34(38)27-15-9-5-10-16-27)23-32-25(2)37-39(35(32)40)31-17-11-6-12-18-31/h4-24H,3H2,1-2H3/b32-23+. The molecule has 0 unspecified atom stereocenters. The van der Waals surface area contributed by atoms with Crippen LogP contribution in [0.4, 0.5) is 5.69 Å². The molecule has 0 saturated heterocycles. The number of rotatable bonds is 7. The molecule has 42 heavy (non-hydrogen) atoms. The highest BCUT2D eigenvalue weighted by Gasteiger charge is 2.30. The van der Waals surface area contributed by atoms with Gasteiger partial charge in [0.25, 0.3) is 5.91 Å². The van der Waals surface area contributed by atoms with Gasteiger partial charge in [0.05, 0.1) is 40.5 Å². The lowest BCUT2D eigenvalue weighted by Crippen LogP contribution is -2.21. The second-order valence-corrected chi connectivity index (χ2v) is 9.86. The summed E-state index contributed by atoms with van der Waals surface area (Å²) in [6.45, 7) is 3.97. The average molecular weight is 552 g/mol. The number of para-hydroxylation sites is 1. The average Bonchev–Trinajstić information content (AvgIpc) is 3.55. The van der Waals surface area contributed by atoms with Crippen LogP contribution in [0.15, 0.2) is 132 Å². The Hall–Kier alpha value is -5.49. The van der Waals surface area contributed by atoms with Crippen LogP contribution in [0.2, 0.25) is 0 Å². The number of hydrogen-bond donors (Lipinski definition) is 0. The Kier molecular flexibility index (Phi) is 7.35. The summed E-state index contributed by atoms with van der Waals surface area (Å²) in [6.07, 6.45) is 1.93. The zero-order chi connectivity index (χ0) is 29.1. The van der Waals surface area contributed by atoms with Gasteiger partial charge in [0.1, 0.15) is 0 Å². The number of nitrogens with zero attached hydrogens (tertiary/aromatic N) is 3. The van der Waals surface area contributed by atoms with Gasteiger partial charge in [-0.25, -0.2) is 4.79 Å². The molecule has 6 rings (SSSR count). The summed E-state index contributed by atoms with van der Waals surface area (Å²) in [5, 5.41) is 6.04. The van der Waals surface area contributed by atoms with Crippen molar-refractivity contribution in [1.82, 2.24) is 4.57 Å². The van der Waals surface area contributed by atoms with Crippen LogP contribution >= 0.6 is 0 Å². The van der Waals surface area contributed by atoms with E-state index in [2.05, 4.69) is 40.0 Å². The molecule has 4 aromatic carbocycles. The van der Waals surface area contributed by atoms with Crippen LogP contribution in [-0.4, -0.2) is 28.8 Å². The molecule has 0 bridgehead atoms. The van der Waals surface area contributed by atoms with E-state index in [-0.39, 0.29) is 11.9 Å². The van der Waals surface area contributed by atoms with Crippen molar-refractivity contribution in [2.45, 2.75) is 13.8 Å². The summed E-state index contributed by atoms with van der Waals surface area (Å²) >= 11 is 0. The predicted molar refractivity (Wildman–Crippen MR) is 168 cm³/mol. The maximum Gasteiger partial charge on any atom is 0.338 e. The van der Waals surface area contributed by atoms with Gasteiger partial charge in [-0.15, -0.1) is 0 Å². The van der Waals surface area contributed by atoms with Crippen molar-refractivity contribution in [2.24, 2.45) is 5.10 Å². The molecule has 2 heterocycles. The SMILES string of the molecule is CCOC(=O)c1ccc(-n2c(-c3ccccc3)cc(/C=C3/C(=O)N(c4ccccc4)N=C3C)c2-c2ccccc2)cc1. The number of amides is 1. The fraction of sp³-hybridized carbons (Fsp3) is 0.0833. The maximum absolute atomic E-state index is 13.6. The van der Waals surface area contributed by atoms with Crippen LogP contribution in [0.5, 0.6) is 0 Å². The summed E-state index contributed by atoms with van der Waals surface area (Å²) in [4.78, 5) is 26.0. The van der Waals surface area contributed by atoms with Gasteiger partial charge in [0.15, 0.2) is 0 Å². The van der Waals surface area contributed by atoms with Gasteiger partial charge in [-0.1, -0.05) is 78.9 Å². The van der Waals surface area contributed by atoms with E-state index >= 15 is 0 Å². The maximum atomic E-state index is 13.6. The molecule has 1 aliphatic heterocycles. The number of hydrazone groups is 1. The molecule has 0 N–H and O–H groups in total. The number of hydrogen-bond acceptors (Lipinski definition) is 4.